The van der Waals surface area contributed by atoms with Crippen LogP contribution in [0.2, 0.25) is 0 Å². The quantitative estimate of drug-likeness (QED) is 0.735. The Labute approximate surface area is 83.8 Å². The SMILES string of the molecule is Cc1cc2c(c(CN)c1C)OCCO2. The minimum absolute atomic E-state index is 0.499. The second-order valence-corrected chi connectivity index (χ2v) is 3.53. The summed E-state index contributed by atoms with van der Waals surface area (Å²) in [5.74, 6) is 1.67. The highest BCUT2D eigenvalue weighted by Crippen LogP contribution is 2.37. The van der Waals surface area contributed by atoms with Gasteiger partial charge in [-0.3, -0.25) is 0 Å². The molecule has 0 spiro atoms. The van der Waals surface area contributed by atoms with Gasteiger partial charge in [0.05, 0.1) is 0 Å². The normalized spacial score (nSPS) is 14.2. The zero-order valence-electron chi connectivity index (χ0n) is 8.59. The Bertz CT molecular complexity index is 361. The van der Waals surface area contributed by atoms with Crippen molar-refractivity contribution in [3.8, 4) is 11.5 Å². The van der Waals surface area contributed by atoms with E-state index in [-0.39, 0.29) is 0 Å². The van der Waals surface area contributed by atoms with Gasteiger partial charge in [0.2, 0.25) is 0 Å². The van der Waals surface area contributed by atoms with E-state index in [4.69, 9.17) is 15.2 Å². The minimum atomic E-state index is 0.499. The van der Waals surface area contributed by atoms with Crippen LogP contribution in [0.1, 0.15) is 16.7 Å². The van der Waals surface area contributed by atoms with Gasteiger partial charge >= 0.3 is 0 Å². The summed E-state index contributed by atoms with van der Waals surface area (Å²) in [6, 6.07) is 2.02. The molecular formula is C11H15NO2. The Kier molecular flexibility index (Phi) is 2.33. The molecule has 0 saturated carbocycles. The number of aryl methyl sites for hydroxylation is 1. The van der Waals surface area contributed by atoms with Gasteiger partial charge < -0.3 is 15.2 Å². The summed E-state index contributed by atoms with van der Waals surface area (Å²) in [7, 11) is 0. The molecule has 0 saturated heterocycles. The Morgan fingerprint density at radius 2 is 2.00 bits per heavy atom. The zero-order chi connectivity index (χ0) is 10.1. The largest absolute Gasteiger partial charge is 0.486 e. The van der Waals surface area contributed by atoms with E-state index in [1.165, 1.54) is 11.1 Å². The molecule has 0 atom stereocenters. The third-order valence-electron chi connectivity index (χ3n) is 2.68. The maximum atomic E-state index is 5.71. The number of ether oxygens (including phenoxy) is 2. The van der Waals surface area contributed by atoms with Crippen molar-refractivity contribution in [2.75, 3.05) is 13.2 Å². The van der Waals surface area contributed by atoms with Crippen molar-refractivity contribution in [2.24, 2.45) is 5.73 Å². The van der Waals surface area contributed by atoms with Crippen molar-refractivity contribution in [1.29, 1.82) is 0 Å². The maximum absolute atomic E-state index is 5.71. The van der Waals surface area contributed by atoms with Crippen LogP contribution in [0.5, 0.6) is 11.5 Å². The van der Waals surface area contributed by atoms with Crippen molar-refractivity contribution in [2.45, 2.75) is 20.4 Å². The molecule has 1 aliphatic heterocycles. The summed E-state index contributed by atoms with van der Waals surface area (Å²) in [5.41, 5.74) is 9.19. The predicted octanol–water partition coefficient (Wildman–Crippen LogP) is 1.53. The first-order valence-electron chi connectivity index (χ1n) is 4.82. The number of fused-ring (bicyclic) bond motifs is 1. The molecule has 1 heterocycles. The zero-order valence-corrected chi connectivity index (χ0v) is 8.59. The highest BCUT2D eigenvalue weighted by molar-refractivity contribution is 5.54. The molecule has 0 amide bonds. The van der Waals surface area contributed by atoms with E-state index in [9.17, 15) is 0 Å². The number of rotatable bonds is 1. The lowest BCUT2D eigenvalue weighted by Crippen LogP contribution is -2.18. The fraction of sp³-hybridized carbons (Fsp3) is 0.455. The molecule has 1 aromatic carbocycles. The molecule has 1 aromatic rings. The van der Waals surface area contributed by atoms with Crippen molar-refractivity contribution < 1.29 is 9.47 Å². The summed E-state index contributed by atoms with van der Waals surface area (Å²) in [5, 5.41) is 0. The highest BCUT2D eigenvalue weighted by atomic mass is 16.6. The van der Waals surface area contributed by atoms with Crippen LogP contribution in [0, 0.1) is 13.8 Å². The summed E-state index contributed by atoms with van der Waals surface area (Å²) in [6.45, 7) is 5.86. The number of hydrogen-bond donors (Lipinski definition) is 1. The van der Waals surface area contributed by atoms with Gasteiger partial charge in [0.15, 0.2) is 11.5 Å². The molecule has 0 aromatic heterocycles. The third-order valence-corrected chi connectivity index (χ3v) is 2.68. The molecule has 76 valence electrons. The van der Waals surface area contributed by atoms with Crippen molar-refractivity contribution in [3.05, 3.63) is 22.8 Å². The highest BCUT2D eigenvalue weighted by Gasteiger charge is 2.18. The van der Waals surface area contributed by atoms with E-state index in [1.54, 1.807) is 0 Å². The van der Waals surface area contributed by atoms with Gasteiger partial charge in [-0.05, 0) is 31.0 Å². The number of hydrogen-bond acceptors (Lipinski definition) is 3. The molecule has 0 aliphatic carbocycles. The van der Waals surface area contributed by atoms with Crippen molar-refractivity contribution in [1.82, 2.24) is 0 Å². The first-order valence-corrected chi connectivity index (χ1v) is 4.82. The first-order chi connectivity index (χ1) is 6.74. The number of nitrogens with two attached hydrogens (primary N) is 1. The van der Waals surface area contributed by atoms with Crippen molar-refractivity contribution >= 4 is 0 Å². The second-order valence-electron chi connectivity index (χ2n) is 3.53. The first kappa shape index (κ1) is 9.34. The minimum Gasteiger partial charge on any atom is -0.486 e. The third kappa shape index (κ3) is 1.34. The molecule has 0 bridgehead atoms. The van der Waals surface area contributed by atoms with Gasteiger partial charge in [-0.1, -0.05) is 0 Å². The fourth-order valence-corrected chi connectivity index (χ4v) is 1.73. The molecule has 3 heteroatoms. The molecule has 1 aliphatic rings. The van der Waals surface area contributed by atoms with Crippen LogP contribution in [0.4, 0.5) is 0 Å². The van der Waals surface area contributed by atoms with Gasteiger partial charge in [0.1, 0.15) is 13.2 Å². The topological polar surface area (TPSA) is 44.5 Å². The Balaban J connectivity index is 2.60. The average Bonchev–Trinajstić information content (AvgIpc) is 2.20. The van der Waals surface area contributed by atoms with Crippen LogP contribution >= 0.6 is 0 Å². The van der Waals surface area contributed by atoms with Crippen molar-refractivity contribution in [3.63, 3.8) is 0 Å². The van der Waals surface area contributed by atoms with Crippen LogP contribution in [-0.2, 0) is 6.54 Å². The van der Waals surface area contributed by atoms with Crippen LogP contribution in [-0.4, -0.2) is 13.2 Å². The molecular weight excluding hydrogens is 178 g/mol. The van der Waals surface area contributed by atoms with E-state index < -0.39 is 0 Å². The van der Waals surface area contributed by atoms with E-state index in [1.807, 2.05) is 6.07 Å². The average molecular weight is 193 g/mol. The smallest absolute Gasteiger partial charge is 0.166 e. The summed E-state index contributed by atoms with van der Waals surface area (Å²) in [4.78, 5) is 0. The molecule has 0 unspecified atom stereocenters. The molecule has 0 fully saturated rings. The fourth-order valence-electron chi connectivity index (χ4n) is 1.73. The molecule has 0 radical (unpaired) electrons. The number of benzene rings is 1. The lowest BCUT2D eigenvalue weighted by molar-refractivity contribution is 0.169. The van der Waals surface area contributed by atoms with E-state index in [0.29, 0.717) is 19.8 Å². The standard InChI is InChI=1S/C11H15NO2/c1-7-5-10-11(14-4-3-13-10)9(6-12)8(7)2/h5H,3-4,6,12H2,1-2H3. The van der Waals surface area contributed by atoms with Gasteiger partial charge in [-0.25, -0.2) is 0 Å². The van der Waals surface area contributed by atoms with Gasteiger partial charge in [-0.15, -0.1) is 0 Å². The predicted molar refractivity (Wildman–Crippen MR) is 54.8 cm³/mol. The van der Waals surface area contributed by atoms with Gasteiger partial charge in [0.25, 0.3) is 0 Å². The molecule has 14 heavy (non-hydrogen) atoms. The molecule has 2 rings (SSSR count). The molecule has 2 N–H and O–H groups in total. The van der Waals surface area contributed by atoms with Gasteiger partial charge in [0, 0.05) is 12.1 Å². The van der Waals surface area contributed by atoms with Crippen LogP contribution in [0.15, 0.2) is 6.07 Å². The van der Waals surface area contributed by atoms with Crippen LogP contribution in [0.3, 0.4) is 0 Å². The Morgan fingerprint density at radius 1 is 1.29 bits per heavy atom. The van der Waals surface area contributed by atoms with Gasteiger partial charge in [-0.2, -0.15) is 0 Å². The Hall–Kier alpha value is -1.22. The van der Waals surface area contributed by atoms with E-state index >= 15 is 0 Å². The lowest BCUT2D eigenvalue weighted by atomic mass is 10.0. The molecule has 3 nitrogen and oxygen atoms in total. The maximum Gasteiger partial charge on any atom is 0.166 e. The lowest BCUT2D eigenvalue weighted by Gasteiger charge is -2.23. The summed E-state index contributed by atoms with van der Waals surface area (Å²) in [6.07, 6.45) is 0. The monoisotopic (exact) mass is 193 g/mol. The summed E-state index contributed by atoms with van der Waals surface area (Å²) >= 11 is 0. The van der Waals surface area contributed by atoms with Crippen LogP contribution < -0.4 is 15.2 Å². The van der Waals surface area contributed by atoms with E-state index in [2.05, 4.69) is 13.8 Å². The summed E-state index contributed by atoms with van der Waals surface area (Å²) < 4.78 is 11.1. The van der Waals surface area contributed by atoms with E-state index in [0.717, 1.165) is 17.1 Å². The second kappa shape index (κ2) is 3.50. The van der Waals surface area contributed by atoms with Crippen LogP contribution in [0.25, 0.3) is 0 Å². The Morgan fingerprint density at radius 3 is 2.71 bits per heavy atom.